The Hall–Kier alpha value is -9.80. The molecule has 0 radical (unpaired) electrons. The van der Waals surface area contributed by atoms with Crippen molar-refractivity contribution < 1.29 is 61.1 Å². The molecule has 1 aliphatic heterocycles. The molecule has 0 saturated carbocycles. The quantitative estimate of drug-likeness (QED) is 0.100. The lowest BCUT2D eigenvalue weighted by molar-refractivity contribution is -0.155. The van der Waals surface area contributed by atoms with Crippen molar-refractivity contribution in [2.24, 2.45) is 0 Å². The number of hydrogen-bond acceptors (Lipinski definition) is 15. The molecule has 0 aromatic heterocycles. The molecule has 0 saturated heterocycles. The summed E-state index contributed by atoms with van der Waals surface area (Å²) in [6, 6.07) is 54.9. The second kappa shape index (κ2) is 36.0. The first-order valence-corrected chi connectivity index (χ1v) is 29.7. The number of benzene rings is 8. The average Bonchev–Trinajstić information content (AvgIpc) is 0.859. The van der Waals surface area contributed by atoms with Crippen molar-refractivity contribution in [2.75, 3.05) is 0 Å². The summed E-state index contributed by atoms with van der Waals surface area (Å²) in [5.41, 5.74) is -0.314. The fourth-order valence-corrected chi connectivity index (χ4v) is 8.21. The first-order valence-electron chi connectivity index (χ1n) is 26.6. The van der Waals surface area contributed by atoms with Gasteiger partial charge < -0.3 is 28.8 Å². The topological polar surface area (TPSA) is 266 Å². The number of carbonyl (C=O) groups excluding carboxylic acids is 4. The smallest absolute Gasteiger partial charge is 0.328 e. The molecule has 2 N–H and O–H groups in total. The molecule has 1 unspecified atom stereocenters. The first kappa shape index (κ1) is 73.7. The van der Waals surface area contributed by atoms with Crippen LogP contribution >= 0.6 is 63.7 Å². The number of phenols is 1. The molecule has 91 heavy (non-hydrogen) atoms. The molecule has 0 spiro atoms. The predicted molar refractivity (Wildman–Crippen MR) is 345 cm³/mol. The summed E-state index contributed by atoms with van der Waals surface area (Å²) in [7, 11) is 0. The largest absolute Gasteiger partial charge is 0.508 e. The lowest BCUT2D eigenvalue weighted by Crippen LogP contribution is -2.37. The van der Waals surface area contributed by atoms with Crippen LogP contribution in [-0.4, -0.2) is 40.1 Å². The molecule has 0 bridgehead atoms. The van der Waals surface area contributed by atoms with Gasteiger partial charge in [0.2, 0.25) is 5.91 Å². The van der Waals surface area contributed by atoms with Crippen molar-refractivity contribution >= 4 is 87.5 Å². The number of imide groups is 1. The van der Waals surface area contributed by atoms with Crippen molar-refractivity contribution in [2.45, 2.75) is 71.5 Å². The fraction of sp³-hybridized carbons (Fsp3) is 0.162. The zero-order chi connectivity index (χ0) is 67.4. The van der Waals surface area contributed by atoms with Crippen LogP contribution in [0.1, 0.15) is 92.1 Å². The summed E-state index contributed by atoms with van der Waals surface area (Å²) in [5.74, 6) is -2.33. The number of ether oxygens (including phenoxy) is 5. The van der Waals surface area contributed by atoms with E-state index in [4.69, 9.17) is 44.6 Å². The lowest BCUT2D eigenvalue weighted by atomic mass is 9.95. The van der Waals surface area contributed by atoms with Gasteiger partial charge in [-0.3, -0.25) is 24.5 Å². The molecule has 2 amide bonds. The standard InChI is InChI=1S/C20H17BrN2O3.C15H10BrNO3.C13H7BrFNO.C7H3F2N.C7H11NO2.C6H5BrO/c1-20(2,3)26-19(24)17(12-23)15-5-4-6-18(16(15)11-22)25-14-9-7-13(21)8-10-14;16-10-4-6-11(7-5-10)20-12-3-1-2-9-8-13(18)17-15(19)14(9)12;14-9-4-6-10(7-5-9)17-13-3-1-2-12(15)11(13)8-16;8-6-2-1-3-7(9)5(6)4-10;1-7(2,3)10-6(9)4-5-8;7-5-1-3-6(8)4-2-5/h4-10,17H,1-3H3;1-7H,8H2,(H,17,18,19);1-7H;1-3H;4H2,1-3H3;1-4,8H. The van der Waals surface area contributed by atoms with Crippen molar-refractivity contribution in [1.82, 2.24) is 5.32 Å². The number of fused-ring (bicyclic) bond motifs is 1. The van der Waals surface area contributed by atoms with Gasteiger partial charge in [-0.25, -0.2) is 13.2 Å². The van der Waals surface area contributed by atoms with E-state index in [-0.39, 0.29) is 46.9 Å². The Kier molecular flexibility index (Phi) is 29.1. The minimum atomic E-state index is -1.21. The molecule has 1 aliphatic rings. The van der Waals surface area contributed by atoms with E-state index < -0.39 is 58.0 Å². The van der Waals surface area contributed by atoms with Crippen molar-refractivity contribution in [3.05, 3.63) is 239 Å². The van der Waals surface area contributed by atoms with E-state index in [1.165, 1.54) is 24.3 Å². The van der Waals surface area contributed by atoms with Crippen LogP contribution < -0.4 is 19.5 Å². The summed E-state index contributed by atoms with van der Waals surface area (Å²) in [4.78, 5) is 46.3. The van der Waals surface area contributed by atoms with Gasteiger partial charge in [0.15, 0.2) is 5.92 Å². The normalized spacial score (nSPS) is 11.1. The lowest BCUT2D eigenvalue weighted by Gasteiger charge is -2.22. The van der Waals surface area contributed by atoms with Gasteiger partial charge in [0.05, 0.1) is 29.7 Å². The number of hydrogen-bond donors (Lipinski definition) is 2. The summed E-state index contributed by atoms with van der Waals surface area (Å²) < 4.78 is 68.9. The van der Waals surface area contributed by atoms with Crippen LogP contribution in [0.5, 0.6) is 40.2 Å². The molecule has 1 atom stereocenters. The van der Waals surface area contributed by atoms with Gasteiger partial charge in [-0.1, -0.05) is 100 Å². The molecule has 16 nitrogen and oxygen atoms in total. The van der Waals surface area contributed by atoms with Crippen LogP contribution in [0.25, 0.3) is 0 Å². The van der Waals surface area contributed by atoms with Gasteiger partial charge in [0, 0.05) is 23.5 Å². The van der Waals surface area contributed by atoms with E-state index in [0.717, 1.165) is 30.0 Å². The zero-order valence-electron chi connectivity index (χ0n) is 49.2. The minimum absolute atomic E-state index is 0.0876. The maximum atomic E-state index is 13.3. The number of rotatable bonds is 9. The number of amides is 2. The molecule has 1 heterocycles. The minimum Gasteiger partial charge on any atom is -0.508 e. The van der Waals surface area contributed by atoms with E-state index in [0.29, 0.717) is 39.9 Å². The maximum Gasteiger partial charge on any atom is 0.328 e. The van der Waals surface area contributed by atoms with Crippen LogP contribution in [-0.2, 0) is 30.3 Å². The third kappa shape index (κ3) is 25.3. The molecule has 8 aromatic carbocycles. The van der Waals surface area contributed by atoms with Crippen LogP contribution in [0.15, 0.2) is 188 Å². The highest BCUT2D eigenvalue weighted by molar-refractivity contribution is 9.11. The number of nitrogens with one attached hydrogen (secondary N) is 1. The van der Waals surface area contributed by atoms with E-state index in [2.05, 4.69) is 69.0 Å². The Morgan fingerprint density at radius 2 is 0.912 bits per heavy atom. The van der Waals surface area contributed by atoms with Crippen LogP contribution in [0.3, 0.4) is 0 Å². The van der Waals surface area contributed by atoms with E-state index in [1.54, 1.807) is 169 Å². The summed E-state index contributed by atoms with van der Waals surface area (Å²) in [6.07, 6.45) is 0.0237. The van der Waals surface area contributed by atoms with Gasteiger partial charge >= 0.3 is 11.9 Å². The fourth-order valence-electron chi connectivity index (χ4n) is 7.15. The van der Waals surface area contributed by atoms with Crippen molar-refractivity contribution in [1.29, 1.82) is 26.3 Å². The number of halogens is 7. The van der Waals surface area contributed by atoms with Gasteiger partial charge in [0.1, 0.15) is 105 Å². The number of nitrogens with zero attached hydrogens (tertiary/aromatic N) is 5. The number of carbonyl (C=O) groups is 4. The molecule has 9 rings (SSSR count). The Balaban J connectivity index is 0.000000244. The Bertz CT molecular complexity index is 4020. The molecular weight excluding hydrogens is 1440 g/mol. The summed E-state index contributed by atoms with van der Waals surface area (Å²) >= 11 is 13.2. The van der Waals surface area contributed by atoms with Crippen LogP contribution in [0.4, 0.5) is 13.2 Å². The van der Waals surface area contributed by atoms with Gasteiger partial charge in [0.25, 0.3) is 5.91 Å². The summed E-state index contributed by atoms with van der Waals surface area (Å²) in [5, 5.41) is 55.2. The van der Waals surface area contributed by atoms with E-state index in [9.17, 15) is 42.9 Å². The molecule has 0 fully saturated rings. The molecular formula is C68H53Br4F3N6O10. The van der Waals surface area contributed by atoms with Gasteiger partial charge in [-0.2, -0.15) is 26.3 Å². The van der Waals surface area contributed by atoms with Crippen LogP contribution in [0.2, 0.25) is 0 Å². The first-order chi connectivity index (χ1) is 43.1. The Morgan fingerprint density at radius 1 is 0.527 bits per heavy atom. The van der Waals surface area contributed by atoms with Crippen molar-refractivity contribution in [3.8, 4) is 70.6 Å². The Morgan fingerprint density at radius 3 is 1.32 bits per heavy atom. The average molecular weight is 1490 g/mol. The highest BCUT2D eigenvalue weighted by atomic mass is 79.9. The second-order valence-electron chi connectivity index (χ2n) is 20.3. The number of esters is 2. The van der Waals surface area contributed by atoms with Crippen molar-refractivity contribution in [3.63, 3.8) is 0 Å². The third-order valence-corrected chi connectivity index (χ3v) is 13.1. The summed E-state index contributed by atoms with van der Waals surface area (Å²) in [6.45, 7) is 10.5. The number of aromatic hydroxyl groups is 1. The predicted octanol–water partition coefficient (Wildman–Crippen LogP) is 17.6. The maximum absolute atomic E-state index is 13.3. The molecule has 464 valence electrons. The van der Waals surface area contributed by atoms with E-state index in [1.807, 2.05) is 36.4 Å². The van der Waals surface area contributed by atoms with Gasteiger partial charge in [-0.05, 0) is 181 Å². The number of phenolic OH excluding ortho intramolecular Hbond substituents is 1. The van der Waals surface area contributed by atoms with Gasteiger partial charge in [-0.15, -0.1) is 0 Å². The Labute approximate surface area is 557 Å². The molecule has 0 aliphatic carbocycles. The van der Waals surface area contributed by atoms with E-state index >= 15 is 0 Å². The molecule has 23 heteroatoms. The highest BCUT2D eigenvalue weighted by Gasteiger charge is 2.30. The zero-order valence-corrected chi connectivity index (χ0v) is 55.5. The van der Waals surface area contributed by atoms with Crippen LogP contribution in [0, 0.1) is 74.1 Å². The highest BCUT2D eigenvalue weighted by Crippen LogP contribution is 2.34. The second-order valence-corrected chi connectivity index (χ2v) is 23.9. The SMILES string of the molecule is CC(C)(C)OC(=O)C(C#N)c1cccc(Oc2ccc(Br)cc2)c1C#N.CC(C)(C)OC(=O)CC#N.N#Cc1c(F)cccc1F.N#Cc1c(F)cccc1Oc1ccc(Br)cc1.O=C1Cc2cccc(Oc3ccc(Br)cc3)c2C(=O)N1.Oc1ccc(Br)cc1. The molecule has 8 aromatic rings. The monoisotopic (exact) mass is 1490 g/mol. The third-order valence-electron chi connectivity index (χ3n) is 11.0. The number of nitriles is 5.